The third-order valence-electron chi connectivity index (χ3n) is 4.23. The van der Waals surface area contributed by atoms with E-state index in [2.05, 4.69) is 15.5 Å². The summed E-state index contributed by atoms with van der Waals surface area (Å²) in [5, 5.41) is 11.3. The molecule has 0 bridgehead atoms. The van der Waals surface area contributed by atoms with Gasteiger partial charge in [-0.25, -0.2) is 4.79 Å². The number of aryl methyl sites for hydroxylation is 2. The molecule has 0 saturated heterocycles. The SMILES string of the molecule is COCC(NC(=O)Cn1c(C)nn(-c2ccccc2)c1=O)c1ccnn1C. The van der Waals surface area contributed by atoms with Crippen LogP contribution in [0.3, 0.4) is 0 Å². The Labute approximate surface area is 156 Å². The van der Waals surface area contributed by atoms with Crippen molar-refractivity contribution in [3.8, 4) is 5.69 Å². The molecule has 27 heavy (non-hydrogen) atoms. The molecule has 1 aromatic carbocycles. The van der Waals surface area contributed by atoms with Crippen LogP contribution in [0.15, 0.2) is 47.4 Å². The maximum Gasteiger partial charge on any atom is 0.351 e. The largest absolute Gasteiger partial charge is 0.382 e. The first kappa shape index (κ1) is 18.6. The summed E-state index contributed by atoms with van der Waals surface area (Å²) in [7, 11) is 3.36. The van der Waals surface area contributed by atoms with E-state index in [1.54, 1.807) is 44.1 Å². The molecular formula is C18H22N6O3. The fraction of sp³-hybridized carbons (Fsp3) is 0.333. The topological polar surface area (TPSA) is 96.0 Å². The van der Waals surface area contributed by atoms with Gasteiger partial charge in [-0.15, -0.1) is 0 Å². The molecule has 1 atom stereocenters. The zero-order valence-corrected chi connectivity index (χ0v) is 15.5. The molecule has 0 saturated carbocycles. The van der Waals surface area contributed by atoms with E-state index in [-0.39, 0.29) is 24.2 Å². The van der Waals surface area contributed by atoms with Crippen LogP contribution in [0, 0.1) is 6.92 Å². The molecule has 0 aliphatic carbocycles. The number of carbonyl (C=O) groups is 1. The smallest absolute Gasteiger partial charge is 0.351 e. The van der Waals surface area contributed by atoms with E-state index in [4.69, 9.17) is 4.74 Å². The van der Waals surface area contributed by atoms with E-state index in [1.807, 2.05) is 24.3 Å². The molecule has 3 rings (SSSR count). The summed E-state index contributed by atoms with van der Waals surface area (Å²) in [5.41, 5.74) is 1.10. The lowest BCUT2D eigenvalue weighted by atomic mass is 10.2. The number of rotatable bonds is 7. The van der Waals surface area contributed by atoms with Gasteiger partial charge in [0.25, 0.3) is 0 Å². The predicted octanol–water partition coefficient (Wildman–Crippen LogP) is 0.580. The number of aromatic nitrogens is 5. The lowest BCUT2D eigenvalue weighted by molar-refractivity contribution is -0.123. The highest BCUT2D eigenvalue weighted by molar-refractivity contribution is 5.76. The van der Waals surface area contributed by atoms with Crippen LogP contribution < -0.4 is 11.0 Å². The number of hydrogen-bond acceptors (Lipinski definition) is 5. The minimum Gasteiger partial charge on any atom is -0.382 e. The van der Waals surface area contributed by atoms with Crippen molar-refractivity contribution in [2.24, 2.45) is 7.05 Å². The summed E-state index contributed by atoms with van der Waals surface area (Å²) in [6.45, 7) is 1.86. The molecule has 0 aliphatic rings. The Morgan fingerprint density at radius 2 is 2.00 bits per heavy atom. The van der Waals surface area contributed by atoms with E-state index in [0.29, 0.717) is 18.1 Å². The summed E-state index contributed by atoms with van der Waals surface area (Å²) in [4.78, 5) is 25.2. The van der Waals surface area contributed by atoms with Gasteiger partial charge in [-0.1, -0.05) is 18.2 Å². The molecule has 0 aliphatic heterocycles. The van der Waals surface area contributed by atoms with E-state index in [9.17, 15) is 9.59 Å². The number of ether oxygens (including phenoxy) is 1. The van der Waals surface area contributed by atoms with Gasteiger partial charge in [-0.05, 0) is 25.1 Å². The molecule has 0 fully saturated rings. The summed E-state index contributed by atoms with van der Waals surface area (Å²) in [6, 6.07) is 10.5. The van der Waals surface area contributed by atoms with Gasteiger partial charge in [0.05, 0.1) is 24.0 Å². The minimum absolute atomic E-state index is 0.129. The minimum atomic E-state index is -0.366. The van der Waals surface area contributed by atoms with E-state index >= 15 is 0 Å². The van der Waals surface area contributed by atoms with Crippen molar-refractivity contribution in [1.29, 1.82) is 0 Å². The van der Waals surface area contributed by atoms with Crippen LogP contribution in [0.1, 0.15) is 17.6 Å². The molecule has 0 spiro atoms. The summed E-state index contributed by atoms with van der Waals surface area (Å²) in [6.07, 6.45) is 1.66. The zero-order chi connectivity index (χ0) is 19.4. The van der Waals surface area contributed by atoms with E-state index in [1.165, 1.54) is 9.25 Å². The van der Waals surface area contributed by atoms with E-state index in [0.717, 1.165) is 5.69 Å². The van der Waals surface area contributed by atoms with Crippen LogP contribution in [0.2, 0.25) is 0 Å². The van der Waals surface area contributed by atoms with Crippen molar-refractivity contribution in [2.45, 2.75) is 19.5 Å². The molecule has 9 nitrogen and oxygen atoms in total. The molecule has 1 amide bonds. The van der Waals surface area contributed by atoms with Crippen LogP contribution in [0.25, 0.3) is 5.69 Å². The lowest BCUT2D eigenvalue weighted by Gasteiger charge is -2.18. The van der Waals surface area contributed by atoms with Crippen molar-refractivity contribution in [3.63, 3.8) is 0 Å². The first-order valence-corrected chi connectivity index (χ1v) is 8.49. The molecule has 1 unspecified atom stereocenters. The number of amides is 1. The van der Waals surface area contributed by atoms with Crippen molar-refractivity contribution in [2.75, 3.05) is 13.7 Å². The Bertz CT molecular complexity index is 973. The monoisotopic (exact) mass is 370 g/mol. The quantitative estimate of drug-likeness (QED) is 0.656. The maximum absolute atomic E-state index is 12.7. The summed E-state index contributed by atoms with van der Waals surface area (Å²) in [5.74, 6) is 0.152. The maximum atomic E-state index is 12.7. The Hall–Kier alpha value is -3.20. The molecule has 1 N–H and O–H groups in total. The highest BCUT2D eigenvalue weighted by Gasteiger charge is 2.20. The van der Waals surface area contributed by atoms with E-state index < -0.39 is 0 Å². The van der Waals surface area contributed by atoms with Crippen LogP contribution >= 0.6 is 0 Å². The molecule has 3 aromatic rings. The van der Waals surface area contributed by atoms with Crippen LogP contribution in [-0.2, 0) is 23.1 Å². The molecule has 2 heterocycles. The molecule has 9 heteroatoms. The van der Waals surface area contributed by atoms with Gasteiger partial charge in [0.1, 0.15) is 12.4 Å². The highest BCUT2D eigenvalue weighted by Crippen LogP contribution is 2.12. The molecular weight excluding hydrogens is 348 g/mol. The van der Waals surface area contributed by atoms with Crippen molar-refractivity contribution >= 4 is 5.91 Å². The van der Waals surface area contributed by atoms with Gasteiger partial charge in [0.2, 0.25) is 5.91 Å². The highest BCUT2D eigenvalue weighted by atomic mass is 16.5. The fourth-order valence-electron chi connectivity index (χ4n) is 2.89. The number of hydrogen-bond donors (Lipinski definition) is 1. The third kappa shape index (κ3) is 3.98. The average molecular weight is 370 g/mol. The number of carbonyl (C=O) groups excluding carboxylic acids is 1. The Balaban J connectivity index is 1.79. The number of benzene rings is 1. The second kappa shape index (κ2) is 8.00. The van der Waals surface area contributed by atoms with Crippen LogP contribution in [0.5, 0.6) is 0 Å². The summed E-state index contributed by atoms with van der Waals surface area (Å²) < 4.78 is 9.51. The third-order valence-corrected chi connectivity index (χ3v) is 4.23. The Morgan fingerprint density at radius 3 is 2.63 bits per heavy atom. The number of nitrogens with zero attached hydrogens (tertiary/aromatic N) is 5. The molecule has 2 aromatic heterocycles. The number of nitrogens with one attached hydrogen (secondary N) is 1. The molecule has 142 valence electrons. The van der Waals surface area contributed by atoms with Gasteiger partial charge < -0.3 is 10.1 Å². The normalized spacial score (nSPS) is 12.1. The first-order valence-electron chi connectivity index (χ1n) is 8.49. The molecule has 0 radical (unpaired) electrons. The second-order valence-electron chi connectivity index (χ2n) is 6.12. The van der Waals surface area contributed by atoms with Crippen LogP contribution in [-0.4, -0.2) is 43.8 Å². The van der Waals surface area contributed by atoms with Gasteiger partial charge in [0.15, 0.2) is 0 Å². The Kier molecular flexibility index (Phi) is 5.51. The first-order chi connectivity index (χ1) is 13.0. The number of para-hydroxylation sites is 1. The standard InChI is InChI=1S/C18H22N6O3/c1-13-21-24(14-7-5-4-6-8-14)18(26)23(13)11-17(25)20-15(12-27-3)16-9-10-19-22(16)2/h4-10,15H,11-12H2,1-3H3,(H,20,25). The average Bonchev–Trinajstić information content (AvgIpc) is 3.20. The van der Waals surface area contributed by atoms with Gasteiger partial charge in [-0.3, -0.25) is 14.0 Å². The fourth-order valence-corrected chi connectivity index (χ4v) is 2.89. The van der Waals surface area contributed by atoms with Crippen molar-refractivity contribution in [1.82, 2.24) is 29.4 Å². The van der Waals surface area contributed by atoms with Gasteiger partial charge in [-0.2, -0.15) is 14.9 Å². The predicted molar refractivity (Wildman–Crippen MR) is 98.5 cm³/mol. The van der Waals surface area contributed by atoms with Gasteiger partial charge in [0, 0.05) is 20.4 Å². The Morgan fingerprint density at radius 1 is 1.26 bits per heavy atom. The number of methoxy groups -OCH3 is 1. The second-order valence-corrected chi connectivity index (χ2v) is 6.12. The zero-order valence-electron chi connectivity index (χ0n) is 15.5. The van der Waals surface area contributed by atoms with Crippen molar-refractivity contribution < 1.29 is 9.53 Å². The van der Waals surface area contributed by atoms with Crippen molar-refractivity contribution in [3.05, 3.63) is 64.6 Å². The lowest BCUT2D eigenvalue weighted by Crippen LogP contribution is -2.37. The summed E-state index contributed by atoms with van der Waals surface area (Å²) >= 11 is 0. The van der Waals surface area contributed by atoms with Gasteiger partial charge >= 0.3 is 5.69 Å². The van der Waals surface area contributed by atoms with Crippen LogP contribution in [0.4, 0.5) is 0 Å².